The van der Waals surface area contributed by atoms with Crippen LogP contribution in [0.25, 0.3) is 0 Å². The van der Waals surface area contributed by atoms with Crippen LogP contribution >= 0.6 is 0 Å². The molecule has 3 aromatic rings. The van der Waals surface area contributed by atoms with Crippen molar-refractivity contribution >= 4 is 44.6 Å². The first-order chi connectivity index (χ1) is 25.5. The Morgan fingerprint density at radius 2 is 1.30 bits per heavy atom. The van der Waals surface area contributed by atoms with Gasteiger partial charge in [-0.15, -0.1) is 0 Å². The molecular formula is C45H59NO5Si2. The second-order valence-electron chi connectivity index (χ2n) is 16.5. The number of imide groups is 1. The summed E-state index contributed by atoms with van der Waals surface area (Å²) in [7, 11) is -4.83. The van der Waals surface area contributed by atoms with Gasteiger partial charge in [0.15, 0.2) is 8.32 Å². The SMILES string of the molecule is CC[Si](CC)(CC)O[C@H]1C/C=C\[C@H](CCCO[Si](c2ccccc2)(c2ccccc2)C(C)(C)C)[C@@H]2C[C@H]3C(=O)N(Cc4ccccc4)C(=O)[C@H]3[C@H]1C2=O. The Kier molecular flexibility index (Phi) is 12.2. The van der Waals surface area contributed by atoms with Crippen LogP contribution in [0.1, 0.15) is 72.8 Å². The Bertz CT molecular complexity index is 1690. The highest BCUT2D eigenvalue weighted by Crippen LogP contribution is 2.50. The fourth-order valence-electron chi connectivity index (χ4n) is 9.72. The smallest absolute Gasteiger partial charge is 0.261 e. The zero-order valence-electron chi connectivity index (χ0n) is 32.6. The molecule has 8 heteroatoms. The molecule has 0 aromatic heterocycles. The molecule has 0 spiro atoms. The first-order valence-corrected chi connectivity index (χ1v) is 24.5. The van der Waals surface area contributed by atoms with Crippen molar-refractivity contribution in [1.29, 1.82) is 0 Å². The molecule has 2 amide bonds. The number of fused-ring (bicyclic) bond motifs is 4. The maximum Gasteiger partial charge on any atom is 0.261 e. The second kappa shape index (κ2) is 16.5. The summed E-state index contributed by atoms with van der Waals surface area (Å²) in [6, 6.07) is 34.0. The molecule has 0 unspecified atom stereocenters. The van der Waals surface area contributed by atoms with E-state index in [0.717, 1.165) is 36.5 Å². The number of amides is 2. The number of likely N-dealkylation sites (tertiary alicyclic amines) is 1. The van der Waals surface area contributed by atoms with E-state index in [1.165, 1.54) is 15.3 Å². The first kappa shape index (κ1) is 39.3. The van der Waals surface area contributed by atoms with Crippen LogP contribution in [-0.2, 0) is 29.8 Å². The van der Waals surface area contributed by atoms with E-state index >= 15 is 0 Å². The van der Waals surface area contributed by atoms with Crippen molar-refractivity contribution in [3.63, 3.8) is 0 Å². The van der Waals surface area contributed by atoms with Gasteiger partial charge in [0.1, 0.15) is 5.78 Å². The zero-order valence-corrected chi connectivity index (χ0v) is 34.6. The summed E-state index contributed by atoms with van der Waals surface area (Å²) in [6.07, 6.45) is 6.60. The number of carbonyl (C=O) groups is 3. The molecule has 53 heavy (non-hydrogen) atoms. The van der Waals surface area contributed by atoms with Crippen LogP contribution in [0.5, 0.6) is 0 Å². The molecule has 0 N–H and O–H groups in total. The molecular weight excluding hydrogens is 691 g/mol. The number of Topliss-reactive ketones (excluding diaryl/α,β-unsaturated/α-hetero) is 1. The van der Waals surface area contributed by atoms with Crippen LogP contribution in [0.3, 0.4) is 0 Å². The molecule has 1 saturated carbocycles. The lowest BCUT2D eigenvalue weighted by Crippen LogP contribution is -2.66. The van der Waals surface area contributed by atoms with Crippen molar-refractivity contribution in [3.8, 4) is 0 Å². The third-order valence-corrected chi connectivity index (χ3v) is 22.5. The minimum Gasteiger partial charge on any atom is -0.413 e. The molecule has 6 atom stereocenters. The Morgan fingerprint density at radius 1 is 0.736 bits per heavy atom. The molecule has 282 valence electrons. The summed E-state index contributed by atoms with van der Waals surface area (Å²) in [4.78, 5) is 44.9. The van der Waals surface area contributed by atoms with E-state index in [-0.39, 0.29) is 41.0 Å². The van der Waals surface area contributed by atoms with Gasteiger partial charge < -0.3 is 8.85 Å². The maximum absolute atomic E-state index is 14.9. The van der Waals surface area contributed by atoms with Crippen LogP contribution in [0.15, 0.2) is 103 Å². The van der Waals surface area contributed by atoms with Crippen molar-refractivity contribution in [2.45, 2.75) is 103 Å². The summed E-state index contributed by atoms with van der Waals surface area (Å²) in [6.45, 7) is 14.3. The quantitative estimate of drug-likeness (QED) is 0.0718. The van der Waals surface area contributed by atoms with Gasteiger partial charge in [0.2, 0.25) is 11.8 Å². The Morgan fingerprint density at radius 3 is 1.85 bits per heavy atom. The highest BCUT2D eigenvalue weighted by Gasteiger charge is 2.60. The molecule has 6 rings (SSSR count). The molecule has 0 radical (unpaired) electrons. The van der Waals surface area contributed by atoms with E-state index < -0.39 is 40.5 Å². The zero-order chi connectivity index (χ0) is 37.8. The number of hydrogen-bond acceptors (Lipinski definition) is 5. The highest BCUT2D eigenvalue weighted by atomic mass is 28.4. The van der Waals surface area contributed by atoms with Crippen molar-refractivity contribution in [1.82, 2.24) is 4.90 Å². The highest BCUT2D eigenvalue weighted by molar-refractivity contribution is 6.99. The summed E-state index contributed by atoms with van der Waals surface area (Å²) in [5.41, 5.74) is 0.916. The fourth-order valence-corrected chi connectivity index (χ4v) is 17.2. The lowest BCUT2D eigenvalue weighted by Gasteiger charge is -2.45. The molecule has 3 aromatic carbocycles. The molecule has 1 saturated heterocycles. The minimum atomic E-state index is -2.70. The van der Waals surface area contributed by atoms with E-state index in [2.05, 4.69) is 114 Å². The predicted octanol–water partition coefficient (Wildman–Crippen LogP) is 8.32. The Balaban J connectivity index is 1.28. The van der Waals surface area contributed by atoms with E-state index in [4.69, 9.17) is 8.85 Å². The van der Waals surface area contributed by atoms with Crippen molar-refractivity contribution in [3.05, 3.63) is 109 Å². The van der Waals surface area contributed by atoms with E-state index in [1.807, 2.05) is 30.3 Å². The van der Waals surface area contributed by atoms with Crippen molar-refractivity contribution < 1.29 is 23.2 Å². The lowest BCUT2D eigenvalue weighted by molar-refractivity contribution is -0.147. The van der Waals surface area contributed by atoms with Gasteiger partial charge in [0, 0.05) is 12.5 Å². The molecule has 2 bridgehead atoms. The van der Waals surface area contributed by atoms with Gasteiger partial charge in [-0.3, -0.25) is 19.3 Å². The van der Waals surface area contributed by atoms with Gasteiger partial charge in [-0.05, 0) is 70.7 Å². The first-order valence-electron chi connectivity index (χ1n) is 20.0. The molecule has 6 nitrogen and oxygen atoms in total. The average Bonchev–Trinajstić information content (AvgIpc) is 3.40. The van der Waals surface area contributed by atoms with Crippen LogP contribution in [0, 0.1) is 29.6 Å². The summed E-state index contributed by atoms with van der Waals surface area (Å²) in [5, 5.41) is 2.38. The number of hydrogen-bond donors (Lipinski definition) is 0. The van der Waals surface area contributed by atoms with Gasteiger partial charge in [0.25, 0.3) is 8.32 Å². The molecule has 1 aliphatic heterocycles. The van der Waals surface area contributed by atoms with Crippen molar-refractivity contribution in [2.24, 2.45) is 29.6 Å². The van der Waals surface area contributed by atoms with Gasteiger partial charge >= 0.3 is 0 Å². The van der Waals surface area contributed by atoms with Gasteiger partial charge in [0.05, 0.1) is 30.4 Å². The number of allylic oxidation sites excluding steroid dienone is 1. The number of nitrogens with zero attached hydrogens (tertiary/aromatic N) is 1. The molecule has 3 aliphatic rings. The Labute approximate surface area is 319 Å². The third kappa shape index (κ3) is 7.62. The van der Waals surface area contributed by atoms with Crippen molar-refractivity contribution in [2.75, 3.05) is 6.61 Å². The normalized spacial score (nSPS) is 25.5. The predicted molar refractivity (Wildman–Crippen MR) is 218 cm³/mol. The van der Waals surface area contributed by atoms with Crippen LogP contribution in [0.2, 0.25) is 23.2 Å². The molecule has 1 heterocycles. The Hall–Kier alpha value is -3.44. The van der Waals surface area contributed by atoms with E-state index in [1.54, 1.807) is 0 Å². The standard InChI is InChI=1S/C45H59NO5Si2/c1-7-52(8-2,9-3)51-39-29-19-23-34(24-20-30-50-53(45(4,5)6,35-25-15-11-16-26-35)36-27-17-12-18-28-36)37-31-38-40(41(39)42(37)47)44(49)46(43(38)48)32-33-21-13-10-14-22-33/h10-19,21-23,25-28,34,37-41H,7-9,20,24,29-32H2,1-6H3/b23-19-/t34-,37+,38-,39+,40-,41+/m1/s1. The number of ketones is 1. The topological polar surface area (TPSA) is 72.9 Å². The third-order valence-electron chi connectivity index (χ3n) is 12.8. The molecule has 2 fully saturated rings. The van der Waals surface area contributed by atoms with Gasteiger partial charge in [-0.25, -0.2) is 0 Å². The van der Waals surface area contributed by atoms with Gasteiger partial charge in [-0.1, -0.05) is 145 Å². The average molecular weight is 750 g/mol. The number of rotatable bonds is 14. The maximum atomic E-state index is 14.9. The molecule has 2 aliphatic carbocycles. The van der Waals surface area contributed by atoms with Crippen LogP contribution < -0.4 is 10.4 Å². The minimum absolute atomic E-state index is 0.0359. The second-order valence-corrected chi connectivity index (χ2v) is 25.6. The number of benzene rings is 3. The van der Waals surface area contributed by atoms with E-state index in [9.17, 15) is 14.4 Å². The fraction of sp³-hybridized carbons (Fsp3) is 0.489. The van der Waals surface area contributed by atoms with Crippen LogP contribution in [0.4, 0.5) is 0 Å². The van der Waals surface area contributed by atoms with Gasteiger partial charge in [-0.2, -0.15) is 0 Å². The summed E-state index contributed by atoms with van der Waals surface area (Å²) in [5.74, 6) is -2.38. The summed E-state index contributed by atoms with van der Waals surface area (Å²) >= 11 is 0. The summed E-state index contributed by atoms with van der Waals surface area (Å²) < 4.78 is 14.4. The van der Waals surface area contributed by atoms with E-state index in [0.29, 0.717) is 19.4 Å². The monoisotopic (exact) mass is 749 g/mol. The largest absolute Gasteiger partial charge is 0.413 e. The van der Waals surface area contributed by atoms with Crippen LogP contribution in [-0.4, -0.2) is 51.8 Å². The number of carbonyl (C=O) groups excluding carboxylic acids is 3. The lowest BCUT2D eigenvalue weighted by atomic mass is 9.61.